The minimum absolute atomic E-state index is 0.0347. The van der Waals surface area contributed by atoms with Gasteiger partial charge < -0.3 is 4.74 Å². The van der Waals surface area contributed by atoms with Crippen LogP contribution in [0.2, 0.25) is 0 Å². The first-order chi connectivity index (χ1) is 11.2. The summed E-state index contributed by atoms with van der Waals surface area (Å²) in [7, 11) is 1.82. The van der Waals surface area contributed by atoms with Crippen molar-refractivity contribution in [2.45, 2.75) is 24.9 Å². The van der Waals surface area contributed by atoms with Crippen LogP contribution >= 0.6 is 11.3 Å². The third kappa shape index (κ3) is 2.86. The molecule has 0 atom stereocenters. The van der Waals surface area contributed by atoms with Gasteiger partial charge in [-0.05, 0) is 31.4 Å². The molecule has 1 amide bonds. The number of thiazole rings is 1. The van der Waals surface area contributed by atoms with Crippen LogP contribution in [0.15, 0.2) is 24.3 Å². The number of likely N-dealkylation sites (N-methyl/N-ethyl adjacent to an activating group) is 1. The molecule has 5 nitrogen and oxygen atoms in total. The maximum absolute atomic E-state index is 12.6. The lowest BCUT2D eigenvalue weighted by Crippen LogP contribution is -2.57. The zero-order valence-corrected chi connectivity index (χ0v) is 14.1. The van der Waals surface area contributed by atoms with Crippen LogP contribution in [0.4, 0.5) is 5.13 Å². The Kier molecular flexibility index (Phi) is 3.83. The largest absolute Gasteiger partial charge is 0.372 e. The van der Waals surface area contributed by atoms with Crippen molar-refractivity contribution >= 4 is 32.6 Å². The molecule has 1 aliphatic carbocycles. The van der Waals surface area contributed by atoms with Gasteiger partial charge in [-0.15, -0.1) is 0 Å². The van der Waals surface area contributed by atoms with Crippen molar-refractivity contribution in [3.63, 3.8) is 0 Å². The Morgan fingerprint density at radius 3 is 3.00 bits per heavy atom. The number of hydrogen-bond acceptors (Lipinski definition) is 5. The summed E-state index contributed by atoms with van der Waals surface area (Å²) < 4.78 is 7.03. The fraction of sp³-hybridized carbons (Fsp3) is 0.529. The molecule has 0 radical (unpaired) electrons. The summed E-state index contributed by atoms with van der Waals surface area (Å²) in [6.07, 6.45) is 3.50. The van der Waals surface area contributed by atoms with E-state index in [2.05, 4.69) is 9.88 Å². The first-order valence-corrected chi connectivity index (χ1v) is 8.95. The molecule has 0 bridgehead atoms. The van der Waals surface area contributed by atoms with Crippen molar-refractivity contribution < 1.29 is 9.53 Å². The summed E-state index contributed by atoms with van der Waals surface area (Å²) in [4.78, 5) is 21.1. The van der Waals surface area contributed by atoms with E-state index >= 15 is 0 Å². The van der Waals surface area contributed by atoms with Gasteiger partial charge in [0.05, 0.1) is 29.0 Å². The molecule has 2 aliphatic rings. The summed E-state index contributed by atoms with van der Waals surface area (Å²) in [6, 6.07) is 7.99. The second kappa shape index (κ2) is 5.85. The number of aromatic nitrogens is 1. The molecular formula is C17H21N3O2S. The molecule has 1 aromatic heterocycles. The lowest BCUT2D eigenvalue weighted by Gasteiger charge is -2.48. The van der Waals surface area contributed by atoms with Crippen LogP contribution < -0.4 is 4.90 Å². The van der Waals surface area contributed by atoms with Crippen LogP contribution in [-0.4, -0.2) is 54.7 Å². The quantitative estimate of drug-likeness (QED) is 0.867. The Morgan fingerprint density at radius 2 is 2.26 bits per heavy atom. The van der Waals surface area contributed by atoms with E-state index in [1.165, 1.54) is 6.42 Å². The molecule has 122 valence electrons. The number of fused-ring (bicyclic) bond motifs is 1. The van der Waals surface area contributed by atoms with Crippen LogP contribution in [0.25, 0.3) is 10.2 Å². The van der Waals surface area contributed by atoms with Crippen molar-refractivity contribution in [3.8, 4) is 0 Å². The van der Waals surface area contributed by atoms with E-state index in [1.54, 1.807) is 16.2 Å². The third-order valence-electron chi connectivity index (χ3n) is 4.89. The molecule has 1 saturated heterocycles. The minimum Gasteiger partial charge on any atom is -0.372 e. The first kappa shape index (κ1) is 15.1. The molecule has 2 heterocycles. The summed E-state index contributed by atoms with van der Waals surface area (Å²) in [5.74, 6) is 0.0976. The van der Waals surface area contributed by atoms with Gasteiger partial charge in [-0.25, -0.2) is 4.98 Å². The van der Waals surface area contributed by atoms with E-state index in [0.29, 0.717) is 6.54 Å². The fourth-order valence-corrected chi connectivity index (χ4v) is 4.28. The Bertz CT molecular complexity index is 692. The number of carbonyl (C=O) groups excluding carboxylic acids is 1. The second-order valence-corrected chi connectivity index (χ2v) is 7.52. The first-order valence-electron chi connectivity index (χ1n) is 8.14. The highest BCUT2D eigenvalue weighted by molar-refractivity contribution is 7.22. The molecule has 2 aromatic rings. The van der Waals surface area contributed by atoms with Gasteiger partial charge in [0.25, 0.3) is 0 Å². The van der Waals surface area contributed by atoms with Crippen LogP contribution in [0, 0.1) is 0 Å². The van der Waals surface area contributed by atoms with E-state index < -0.39 is 0 Å². The lowest BCUT2D eigenvalue weighted by molar-refractivity contribution is -0.154. The third-order valence-corrected chi connectivity index (χ3v) is 6.01. The van der Waals surface area contributed by atoms with Crippen molar-refractivity contribution in [1.82, 2.24) is 9.88 Å². The number of nitrogens with zero attached hydrogens (tertiary/aromatic N) is 3. The Hall–Kier alpha value is -1.50. The van der Waals surface area contributed by atoms with Crippen LogP contribution in [0.5, 0.6) is 0 Å². The summed E-state index contributed by atoms with van der Waals surface area (Å²) in [5, 5.41) is 0.766. The number of benzene rings is 1. The van der Waals surface area contributed by atoms with E-state index in [0.717, 1.165) is 47.9 Å². The number of rotatable bonds is 3. The number of ether oxygens (including phenoxy) is 1. The monoisotopic (exact) mass is 331 g/mol. The molecule has 23 heavy (non-hydrogen) atoms. The zero-order valence-electron chi connectivity index (χ0n) is 13.3. The Balaban J connectivity index is 1.43. The fourth-order valence-electron chi connectivity index (χ4n) is 3.34. The molecule has 4 rings (SSSR count). The highest BCUT2D eigenvalue weighted by atomic mass is 32.1. The molecule has 0 N–H and O–H groups in total. The number of hydrogen-bond donors (Lipinski definition) is 0. The van der Waals surface area contributed by atoms with Gasteiger partial charge in [-0.3, -0.25) is 14.6 Å². The summed E-state index contributed by atoms with van der Waals surface area (Å²) in [6.45, 7) is 2.89. The maximum Gasteiger partial charge on any atom is 0.242 e. The average molecular weight is 331 g/mol. The topological polar surface area (TPSA) is 45.7 Å². The molecular weight excluding hydrogens is 310 g/mol. The van der Waals surface area contributed by atoms with Gasteiger partial charge in [0.15, 0.2) is 5.13 Å². The molecule has 0 unspecified atom stereocenters. The smallest absolute Gasteiger partial charge is 0.242 e. The van der Waals surface area contributed by atoms with Gasteiger partial charge in [-0.1, -0.05) is 23.5 Å². The molecule has 1 spiro atoms. The normalized spacial score (nSPS) is 20.6. The highest BCUT2D eigenvalue weighted by Crippen LogP contribution is 2.38. The Morgan fingerprint density at radius 1 is 1.43 bits per heavy atom. The van der Waals surface area contributed by atoms with Crippen LogP contribution in [0.1, 0.15) is 19.3 Å². The molecule has 1 aromatic carbocycles. The minimum atomic E-state index is 0.0347. The van der Waals surface area contributed by atoms with Crippen molar-refractivity contribution in [2.24, 2.45) is 0 Å². The molecule has 1 aliphatic heterocycles. The predicted molar refractivity (Wildman–Crippen MR) is 92.0 cm³/mol. The molecule has 2 fully saturated rings. The van der Waals surface area contributed by atoms with Gasteiger partial charge in [0.2, 0.25) is 5.91 Å². The van der Waals surface area contributed by atoms with E-state index in [4.69, 9.17) is 4.74 Å². The molecule has 6 heteroatoms. The predicted octanol–water partition coefficient (Wildman–Crippen LogP) is 2.51. The summed E-state index contributed by atoms with van der Waals surface area (Å²) in [5.41, 5.74) is 0.986. The number of morpholine rings is 1. The van der Waals surface area contributed by atoms with Gasteiger partial charge in [0, 0.05) is 20.1 Å². The van der Waals surface area contributed by atoms with E-state index in [1.807, 2.05) is 31.3 Å². The zero-order chi connectivity index (χ0) is 15.9. The van der Waals surface area contributed by atoms with Crippen molar-refractivity contribution in [1.29, 1.82) is 0 Å². The number of anilines is 1. The van der Waals surface area contributed by atoms with Gasteiger partial charge >= 0.3 is 0 Å². The number of carbonyl (C=O) groups is 1. The number of para-hydroxylation sites is 1. The number of amides is 1. The maximum atomic E-state index is 12.6. The van der Waals surface area contributed by atoms with Crippen LogP contribution in [-0.2, 0) is 9.53 Å². The average Bonchev–Trinajstić information content (AvgIpc) is 2.96. The van der Waals surface area contributed by atoms with E-state index in [9.17, 15) is 4.79 Å². The van der Waals surface area contributed by atoms with Gasteiger partial charge in [0.1, 0.15) is 0 Å². The van der Waals surface area contributed by atoms with Gasteiger partial charge in [-0.2, -0.15) is 0 Å². The second-order valence-electron chi connectivity index (χ2n) is 6.51. The van der Waals surface area contributed by atoms with E-state index in [-0.39, 0.29) is 11.5 Å². The molecule has 1 saturated carbocycles. The summed E-state index contributed by atoms with van der Waals surface area (Å²) >= 11 is 1.56. The Labute approximate surface area is 139 Å². The lowest BCUT2D eigenvalue weighted by atomic mass is 9.79. The van der Waals surface area contributed by atoms with Crippen molar-refractivity contribution in [3.05, 3.63) is 24.3 Å². The highest BCUT2D eigenvalue weighted by Gasteiger charge is 2.42. The van der Waals surface area contributed by atoms with Crippen molar-refractivity contribution in [2.75, 3.05) is 38.2 Å². The van der Waals surface area contributed by atoms with Crippen LogP contribution in [0.3, 0.4) is 0 Å². The SMILES string of the molecule is CN(C(=O)CN1CCOC2(CCC2)C1)c1nc2ccccc2s1. The standard InChI is InChI=1S/C17H21N3O2S/c1-19(16-18-13-5-2-3-6-14(13)23-16)15(21)11-20-9-10-22-17(12-20)7-4-8-17/h2-3,5-6H,4,7-12H2,1H3.